The molecule has 21 heavy (non-hydrogen) atoms. The maximum Gasteiger partial charge on any atom is 0.323 e. The molecule has 0 radical (unpaired) electrons. The molecule has 0 aromatic carbocycles. The fourth-order valence-electron chi connectivity index (χ4n) is 2.77. The van der Waals surface area contributed by atoms with Crippen molar-refractivity contribution in [3.8, 4) is 6.01 Å². The number of likely N-dealkylation sites (N-methyl/N-ethyl adjacent to an activating group) is 1. The van der Waals surface area contributed by atoms with E-state index in [9.17, 15) is 0 Å². The summed E-state index contributed by atoms with van der Waals surface area (Å²) in [7, 11) is 4.25. The second kappa shape index (κ2) is 6.43. The average Bonchev–Trinajstić information content (AvgIpc) is 2.85. The topological polar surface area (TPSA) is 89.2 Å². The maximum atomic E-state index is 5.72. The van der Waals surface area contributed by atoms with Crippen molar-refractivity contribution < 1.29 is 4.74 Å². The minimum Gasteiger partial charge on any atom is -0.461 e. The first-order valence-corrected chi connectivity index (χ1v) is 7.51. The van der Waals surface area contributed by atoms with Crippen LogP contribution in [0.2, 0.25) is 0 Å². The summed E-state index contributed by atoms with van der Waals surface area (Å²) in [4.78, 5) is 14.7. The fourth-order valence-corrected chi connectivity index (χ4v) is 2.77. The van der Waals surface area contributed by atoms with Crippen molar-refractivity contribution >= 4 is 11.9 Å². The zero-order chi connectivity index (χ0) is 15.5. The molecular formula is C14H26N6O. The summed E-state index contributed by atoms with van der Waals surface area (Å²) in [6.07, 6.45) is 4.90. The predicted octanol–water partition coefficient (Wildman–Crippen LogP) is 1.53. The van der Waals surface area contributed by atoms with Gasteiger partial charge in [0.25, 0.3) is 0 Å². The standard InChI is InChI=1S/C14H26N6O/c1-10(2)21-13-18-11(15)17-12(19-13)16-9-14(20(3)4)7-5-6-8-14/h10H,5-9H2,1-4H3,(H3,15,16,17,18,19). The molecule has 0 aliphatic heterocycles. The van der Waals surface area contributed by atoms with E-state index in [1.165, 1.54) is 25.7 Å². The summed E-state index contributed by atoms with van der Waals surface area (Å²) in [6, 6.07) is 0.269. The number of nitrogens with one attached hydrogen (secondary N) is 1. The highest BCUT2D eigenvalue weighted by Crippen LogP contribution is 2.33. The molecule has 0 atom stereocenters. The lowest BCUT2D eigenvalue weighted by Gasteiger charge is -2.36. The Morgan fingerprint density at radius 3 is 2.48 bits per heavy atom. The van der Waals surface area contributed by atoms with Gasteiger partial charge in [-0.15, -0.1) is 0 Å². The maximum absolute atomic E-state index is 5.72. The van der Waals surface area contributed by atoms with Crippen molar-refractivity contribution in [2.24, 2.45) is 0 Å². The number of ether oxygens (including phenoxy) is 1. The third kappa shape index (κ3) is 3.93. The van der Waals surface area contributed by atoms with Gasteiger partial charge in [0, 0.05) is 12.1 Å². The molecule has 0 unspecified atom stereocenters. The first-order valence-electron chi connectivity index (χ1n) is 7.51. The molecule has 2 rings (SSSR count). The van der Waals surface area contributed by atoms with Gasteiger partial charge in [-0.3, -0.25) is 0 Å². The van der Waals surface area contributed by atoms with Gasteiger partial charge in [0.1, 0.15) is 0 Å². The van der Waals surface area contributed by atoms with Crippen LogP contribution < -0.4 is 15.8 Å². The fraction of sp³-hybridized carbons (Fsp3) is 0.786. The van der Waals surface area contributed by atoms with Crippen molar-refractivity contribution in [1.29, 1.82) is 0 Å². The summed E-state index contributed by atoms with van der Waals surface area (Å²) in [6.45, 7) is 4.64. The summed E-state index contributed by atoms with van der Waals surface area (Å²) in [5.74, 6) is 0.653. The second-order valence-electron chi connectivity index (χ2n) is 6.15. The number of nitrogen functional groups attached to an aromatic ring is 1. The molecule has 1 aromatic rings. The number of nitrogens with two attached hydrogens (primary N) is 1. The van der Waals surface area contributed by atoms with E-state index in [0.29, 0.717) is 5.95 Å². The van der Waals surface area contributed by atoms with E-state index >= 15 is 0 Å². The molecule has 7 nitrogen and oxygen atoms in total. The van der Waals surface area contributed by atoms with Crippen molar-refractivity contribution in [2.75, 3.05) is 31.7 Å². The van der Waals surface area contributed by atoms with Crippen LogP contribution in [0.15, 0.2) is 0 Å². The molecule has 1 heterocycles. The Kier molecular flexibility index (Phi) is 4.82. The molecule has 1 aliphatic rings. The van der Waals surface area contributed by atoms with Crippen LogP contribution in [-0.2, 0) is 0 Å². The Balaban J connectivity index is 2.07. The van der Waals surface area contributed by atoms with Crippen LogP contribution in [0.3, 0.4) is 0 Å². The van der Waals surface area contributed by atoms with Crippen molar-refractivity contribution in [3.63, 3.8) is 0 Å². The molecule has 1 fully saturated rings. The SMILES string of the molecule is CC(C)Oc1nc(N)nc(NCC2(N(C)C)CCCC2)n1. The largest absolute Gasteiger partial charge is 0.461 e. The Morgan fingerprint density at radius 2 is 1.90 bits per heavy atom. The van der Waals surface area contributed by atoms with Crippen LogP contribution >= 0.6 is 0 Å². The zero-order valence-corrected chi connectivity index (χ0v) is 13.4. The second-order valence-corrected chi connectivity index (χ2v) is 6.15. The highest BCUT2D eigenvalue weighted by molar-refractivity contribution is 5.33. The van der Waals surface area contributed by atoms with Crippen molar-refractivity contribution in [1.82, 2.24) is 19.9 Å². The monoisotopic (exact) mass is 294 g/mol. The lowest BCUT2D eigenvalue weighted by molar-refractivity contribution is 0.172. The Morgan fingerprint density at radius 1 is 1.24 bits per heavy atom. The summed E-state index contributed by atoms with van der Waals surface area (Å²) < 4.78 is 5.49. The molecule has 0 spiro atoms. The minimum absolute atomic E-state index is 0.00241. The van der Waals surface area contributed by atoms with E-state index in [1.807, 2.05) is 13.8 Å². The van der Waals surface area contributed by atoms with E-state index in [0.717, 1.165) is 6.54 Å². The van der Waals surface area contributed by atoms with E-state index in [2.05, 4.69) is 39.3 Å². The average molecular weight is 294 g/mol. The Bertz CT molecular complexity index is 471. The van der Waals surface area contributed by atoms with Crippen molar-refractivity contribution in [3.05, 3.63) is 0 Å². The van der Waals surface area contributed by atoms with E-state index in [4.69, 9.17) is 10.5 Å². The van der Waals surface area contributed by atoms with Crippen LogP contribution in [0.25, 0.3) is 0 Å². The number of rotatable bonds is 6. The minimum atomic E-state index is 0.00241. The molecular weight excluding hydrogens is 268 g/mol. The Labute approximate surface area is 126 Å². The van der Waals surface area contributed by atoms with Gasteiger partial charge in [-0.1, -0.05) is 12.8 Å². The van der Waals surface area contributed by atoms with Crippen molar-refractivity contribution in [2.45, 2.75) is 51.2 Å². The molecule has 0 amide bonds. The molecule has 0 bridgehead atoms. The van der Waals surface area contributed by atoms with E-state index in [1.54, 1.807) is 0 Å². The predicted molar refractivity (Wildman–Crippen MR) is 83.4 cm³/mol. The molecule has 1 aliphatic carbocycles. The molecule has 3 N–H and O–H groups in total. The quantitative estimate of drug-likeness (QED) is 0.822. The van der Waals surface area contributed by atoms with E-state index in [-0.39, 0.29) is 23.6 Å². The van der Waals surface area contributed by atoms with Gasteiger partial charge in [-0.05, 0) is 40.8 Å². The number of aromatic nitrogens is 3. The third-order valence-electron chi connectivity index (χ3n) is 4.03. The van der Waals surface area contributed by atoms with Gasteiger partial charge >= 0.3 is 6.01 Å². The number of nitrogens with zero attached hydrogens (tertiary/aromatic N) is 4. The third-order valence-corrected chi connectivity index (χ3v) is 4.03. The highest BCUT2D eigenvalue weighted by atomic mass is 16.5. The molecule has 0 saturated heterocycles. The van der Waals surface area contributed by atoms with Crippen LogP contribution in [-0.4, -0.2) is 52.1 Å². The van der Waals surface area contributed by atoms with Gasteiger partial charge in [-0.2, -0.15) is 15.0 Å². The van der Waals surface area contributed by atoms with E-state index < -0.39 is 0 Å². The smallest absolute Gasteiger partial charge is 0.323 e. The first kappa shape index (κ1) is 15.8. The van der Waals surface area contributed by atoms with Crippen LogP contribution in [0, 0.1) is 0 Å². The molecule has 118 valence electrons. The zero-order valence-electron chi connectivity index (χ0n) is 13.4. The van der Waals surface area contributed by atoms with Crippen LogP contribution in [0.5, 0.6) is 6.01 Å². The van der Waals surface area contributed by atoms with Gasteiger partial charge in [0.15, 0.2) is 0 Å². The lowest BCUT2D eigenvalue weighted by atomic mass is 9.96. The lowest BCUT2D eigenvalue weighted by Crippen LogP contribution is -2.47. The van der Waals surface area contributed by atoms with Gasteiger partial charge < -0.3 is 20.7 Å². The number of hydrogen-bond donors (Lipinski definition) is 2. The highest BCUT2D eigenvalue weighted by Gasteiger charge is 2.35. The number of anilines is 2. The van der Waals surface area contributed by atoms with Gasteiger partial charge in [-0.25, -0.2) is 0 Å². The van der Waals surface area contributed by atoms with Gasteiger partial charge in [0.2, 0.25) is 11.9 Å². The van der Waals surface area contributed by atoms with Crippen LogP contribution in [0.4, 0.5) is 11.9 Å². The first-order chi connectivity index (χ1) is 9.91. The molecule has 7 heteroatoms. The normalized spacial score (nSPS) is 17.4. The van der Waals surface area contributed by atoms with Gasteiger partial charge in [0.05, 0.1) is 6.10 Å². The molecule has 1 saturated carbocycles. The molecule has 1 aromatic heterocycles. The summed E-state index contributed by atoms with van der Waals surface area (Å²) in [5.41, 5.74) is 5.89. The Hall–Kier alpha value is -1.63. The summed E-state index contributed by atoms with van der Waals surface area (Å²) >= 11 is 0. The summed E-state index contributed by atoms with van der Waals surface area (Å²) in [5, 5.41) is 3.30. The van der Waals surface area contributed by atoms with Crippen LogP contribution in [0.1, 0.15) is 39.5 Å². The number of hydrogen-bond acceptors (Lipinski definition) is 7.